The van der Waals surface area contributed by atoms with Crippen molar-refractivity contribution in [2.45, 2.75) is 26.2 Å². The molecule has 0 unspecified atom stereocenters. The van der Waals surface area contributed by atoms with Crippen molar-refractivity contribution in [2.75, 3.05) is 18.5 Å². The van der Waals surface area contributed by atoms with Crippen LogP contribution in [0, 0.1) is 6.92 Å². The zero-order chi connectivity index (χ0) is 15.7. The maximum absolute atomic E-state index is 11.0. The van der Waals surface area contributed by atoms with Gasteiger partial charge in [-0.3, -0.25) is 9.78 Å². The Kier molecular flexibility index (Phi) is 3.79. The lowest BCUT2D eigenvalue weighted by molar-refractivity contribution is -0.135. The van der Waals surface area contributed by atoms with E-state index in [-0.39, 0.29) is 6.54 Å². The second-order valence-electron chi connectivity index (χ2n) is 5.79. The number of anilines is 1. The lowest BCUT2D eigenvalue weighted by Gasteiger charge is -2.20. The van der Waals surface area contributed by atoms with E-state index in [1.54, 1.807) is 18.1 Å². The molecule has 2 aromatic rings. The molecule has 0 radical (unpaired) electrons. The number of rotatable bonds is 4. The molecule has 0 aliphatic heterocycles. The SMILES string of the molecule is Cc1ccnc(-c2cc3c(c(N(C)CC(=O)O)n2)CCC3)c1. The van der Waals surface area contributed by atoms with Gasteiger partial charge >= 0.3 is 5.97 Å². The number of carboxylic acids is 1. The van der Waals surface area contributed by atoms with E-state index in [9.17, 15) is 4.79 Å². The smallest absolute Gasteiger partial charge is 0.323 e. The first kappa shape index (κ1) is 14.5. The number of likely N-dealkylation sites (N-methyl/N-ethyl adjacent to an activating group) is 1. The van der Waals surface area contributed by atoms with Crippen LogP contribution in [0.4, 0.5) is 5.82 Å². The summed E-state index contributed by atoms with van der Waals surface area (Å²) < 4.78 is 0. The summed E-state index contributed by atoms with van der Waals surface area (Å²) in [7, 11) is 1.78. The molecule has 2 aromatic heterocycles. The molecule has 0 amide bonds. The Morgan fingerprint density at radius 3 is 2.86 bits per heavy atom. The first-order valence-electron chi connectivity index (χ1n) is 7.43. The average Bonchev–Trinajstić information content (AvgIpc) is 2.93. The zero-order valence-electron chi connectivity index (χ0n) is 12.8. The fourth-order valence-corrected chi connectivity index (χ4v) is 2.96. The van der Waals surface area contributed by atoms with Crippen LogP contribution >= 0.6 is 0 Å². The van der Waals surface area contributed by atoms with Crippen molar-refractivity contribution < 1.29 is 9.90 Å². The molecular weight excluding hydrogens is 278 g/mol. The van der Waals surface area contributed by atoms with Crippen LogP contribution in [0.2, 0.25) is 0 Å². The molecule has 1 aliphatic carbocycles. The average molecular weight is 297 g/mol. The van der Waals surface area contributed by atoms with Crippen LogP contribution in [-0.4, -0.2) is 34.6 Å². The predicted octanol–water partition coefficient (Wildman–Crippen LogP) is 2.46. The number of carboxylic acid groups (broad SMARTS) is 1. The molecule has 0 bridgehead atoms. The van der Waals surface area contributed by atoms with E-state index in [2.05, 4.69) is 11.1 Å². The first-order valence-corrected chi connectivity index (χ1v) is 7.43. The van der Waals surface area contributed by atoms with E-state index >= 15 is 0 Å². The third kappa shape index (κ3) is 2.79. The Balaban J connectivity index is 2.08. The second-order valence-corrected chi connectivity index (χ2v) is 5.79. The van der Waals surface area contributed by atoms with Gasteiger partial charge in [0.15, 0.2) is 0 Å². The Morgan fingerprint density at radius 2 is 2.14 bits per heavy atom. The maximum Gasteiger partial charge on any atom is 0.323 e. The van der Waals surface area contributed by atoms with Gasteiger partial charge in [-0.25, -0.2) is 4.98 Å². The number of nitrogens with zero attached hydrogens (tertiary/aromatic N) is 3. The molecule has 0 spiro atoms. The molecule has 1 N–H and O–H groups in total. The molecule has 3 rings (SSSR count). The van der Waals surface area contributed by atoms with Crippen molar-refractivity contribution in [3.63, 3.8) is 0 Å². The number of hydrogen-bond acceptors (Lipinski definition) is 4. The Morgan fingerprint density at radius 1 is 1.32 bits per heavy atom. The number of aromatic nitrogens is 2. The molecule has 0 aromatic carbocycles. The maximum atomic E-state index is 11.0. The van der Waals surface area contributed by atoms with Gasteiger partial charge in [0, 0.05) is 13.2 Å². The Labute approximate surface area is 129 Å². The van der Waals surface area contributed by atoms with Gasteiger partial charge in [-0.2, -0.15) is 0 Å². The monoisotopic (exact) mass is 297 g/mol. The van der Waals surface area contributed by atoms with Crippen LogP contribution in [-0.2, 0) is 17.6 Å². The van der Waals surface area contributed by atoms with Crippen molar-refractivity contribution in [3.8, 4) is 11.4 Å². The van der Waals surface area contributed by atoms with E-state index < -0.39 is 5.97 Å². The van der Waals surface area contributed by atoms with Crippen LogP contribution in [0.25, 0.3) is 11.4 Å². The minimum atomic E-state index is -0.852. The molecule has 2 heterocycles. The van der Waals surface area contributed by atoms with Crippen molar-refractivity contribution >= 4 is 11.8 Å². The van der Waals surface area contributed by atoms with Crippen molar-refractivity contribution in [2.24, 2.45) is 0 Å². The molecule has 114 valence electrons. The summed E-state index contributed by atoms with van der Waals surface area (Å²) in [6.45, 7) is 1.97. The summed E-state index contributed by atoms with van der Waals surface area (Å²) in [5.74, 6) is -0.0779. The van der Waals surface area contributed by atoms with E-state index in [0.717, 1.165) is 42.0 Å². The first-order chi connectivity index (χ1) is 10.5. The minimum Gasteiger partial charge on any atom is -0.480 e. The van der Waals surface area contributed by atoms with Crippen LogP contribution in [0.15, 0.2) is 24.4 Å². The standard InChI is InChI=1S/C17H19N3O2/c1-11-6-7-18-14(8-11)15-9-12-4-3-5-13(12)17(19-15)20(2)10-16(21)22/h6-9H,3-5,10H2,1-2H3,(H,21,22). The van der Waals surface area contributed by atoms with Gasteiger partial charge in [0.05, 0.1) is 11.4 Å². The Bertz CT molecular complexity index is 728. The Hall–Kier alpha value is -2.43. The highest BCUT2D eigenvalue weighted by molar-refractivity contribution is 5.74. The summed E-state index contributed by atoms with van der Waals surface area (Å²) in [5.41, 5.74) is 5.23. The third-order valence-corrected chi connectivity index (χ3v) is 3.98. The molecule has 0 fully saturated rings. The van der Waals surface area contributed by atoms with Gasteiger partial charge in [-0.05, 0) is 61.1 Å². The number of aliphatic carboxylic acids is 1. The highest BCUT2D eigenvalue weighted by atomic mass is 16.4. The third-order valence-electron chi connectivity index (χ3n) is 3.98. The van der Waals surface area contributed by atoms with Crippen molar-refractivity contribution in [1.82, 2.24) is 9.97 Å². The van der Waals surface area contributed by atoms with Gasteiger partial charge in [0.1, 0.15) is 12.4 Å². The second kappa shape index (κ2) is 5.75. The van der Waals surface area contributed by atoms with Gasteiger partial charge < -0.3 is 10.0 Å². The zero-order valence-corrected chi connectivity index (χ0v) is 12.8. The lowest BCUT2D eigenvalue weighted by Crippen LogP contribution is -2.27. The normalized spacial score (nSPS) is 13.0. The predicted molar refractivity (Wildman–Crippen MR) is 85.1 cm³/mol. The van der Waals surface area contributed by atoms with Crippen molar-refractivity contribution in [1.29, 1.82) is 0 Å². The van der Waals surface area contributed by atoms with Gasteiger partial charge in [0.2, 0.25) is 0 Å². The number of fused-ring (bicyclic) bond motifs is 1. The van der Waals surface area contributed by atoms with Crippen LogP contribution < -0.4 is 4.90 Å². The number of hydrogen-bond donors (Lipinski definition) is 1. The van der Waals surface area contributed by atoms with E-state index in [4.69, 9.17) is 10.1 Å². The summed E-state index contributed by atoms with van der Waals surface area (Å²) >= 11 is 0. The van der Waals surface area contributed by atoms with E-state index in [1.807, 2.05) is 19.1 Å². The van der Waals surface area contributed by atoms with Crippen LogP contribution in [0.5, 0.6) is 0 Å². The number of carbonyl (C=O) groups is 1. The summed E-state index contributed by atoms with van der Waals surface area (Å²) in [5, 5.41) is 9.03. The largest absolute Gasteiger partial charge is 0.480 e. The number of pyridine rings is 2. The molecule has 1 aliphatic rings. The molecule has 0 saturated carbocycles. The molecule has 5 heteroatoms. The molecule has 0 saturated heterocycles. The van der Waals surface area contributed by atoms with Crippen LogP contribution in [0.1, 0.15) is 23.1 Å². The molecule has 22 heavy (non-hydrogen) atoms. The minimum absolute atomic E-state index is 0.0514. The fraction of sp³-hybridized carbons (Fsp3) is 0.353. The topological polar surface area (TPSA) is 66.3 Å². The lowest BCUT2D eigenvalue weighted by atomic mass is 10.1. The van der Waals surface area contributed by atoms with E-state index in [1.165, 1.54) is 11.1 Å². The molecular formula is C17H19N3O2. The summed E-state index contributed by atoms with van der Waals surface area (Å²) in [6, 6.07) is 6.06. The highest BCUT2D eigenvalue weighted by Gasteiger charge is 2.21. The fourth-order valence-electron chi connectivity index (χ4n) is 2.96. The van der Waals surface area contributed by atoms with Gasteiger partial charge in [-0.1, -0.05) is 0 Å². The quantitative estimate of drug-likeness (QED) is 0.939. The van der Waals surface area contributed by atoms with Gasteiger partial charge in [0.25, 0.3) is 0 Å². The summed E-state index contributed by atoms with van der Waals surface area (Å²) in [4.78, 5) is 21.8. The van der Waals surface area contributed by atoms with Crippen molar-refractivity contribution in [3.05, 3.63) is 41.1 Å². The summed E-state index contributed by atoms with van der Waals surface area (Å²) in [6.07, 6.45) is 4.85. The van der Waals surface area contributed by atoms with Crippen LogP contribution in [0.3, 0.4) is 0 Å². The van der Waals surface area contributed by atoms with Gasteiger partial charge in [-0.15, -0.1) is 0 Å². The molecule has 5 nitrogen and oxygen atoms in total. The molecule has 0 atom stereocenters. The highest BCUT2D eigenvalue weighted by Crippen LogP contribution is 2.32. The van der Waals surface area contributed by atoms with E-state index in [0.29, 0.717) is 0 Å². The number of aryl methyl sites for hydroxylation is 2.